The Morgan fingerprint density at radius 3 is 2.47 bits per heavy atom. The van der Waals surface area contributed by atoms with E-state index in [1.54, 1.807) is 23.7 Å². The predicted octanol–water partition coefficient (Wildman–Crippen LogP) is 6.26. The monoisotopic (exact) mass is 519 g/mol. The van der Waals surface area contributed by atoms with Gasteiger partial charge in [0.1, 0.15) is 17.3 Å². The second kappa shape index (κ2) is 10.3. The van der Waals surface area contributed by atoms with Gasteiger partial charge in [0.05, 0.1) is 11.3 Å². The maximum absolute atomic E-state index is 13.1. The molecule has 0 fully saturated rings. The molecule has 1 amide bonds. The van der Waals surface area contributed by atoms with Gasteiger partial charge in [-0.1, -0.05) is 53.3 Å². The number of carbonyl (C=O) groups is 1. The fourth-order valence-electron chi connectivity index (χ4n) is 3.42. The van der Waals surface area contributed by atoms with Gasteiger partial charge in [-0.25, -0.2) is 9.07 Å². The van der Waals surface area contributed by atoms with Crippen molar-refractivity contribution in [2.45, 2.75) is 13.0 Å². The molecule has 10 heteroatoms. The predicted molar refractivity (Wildman–Crippen MR) is 138 cm³/mol. The van der Waals surface area contributed by atoms with Gasteiger partial charge in [0.15, 0.2) is 11.1 Å². The largest absolute Gasteiger partial charge is 0.481 e. The number of ether oxygens (including phenoxy) is 1. The summed E-state index contributed by atoms with van der Waals surface area (Å²) in [6, 6.07) is 22.6. The lowest BCUT2D eigenvalue weighted by Crippen LogP contribution is -2.30. The van der Waals surface area contributed by atoms with Crippen LogP contribution in [0.3, 0.4) is 0 Å². The number of rotatable bonds is 7. The van der Waals surface area contributed by atoms with E-state index in [1.165, 1.54) is 35.6 Å². The van der Waals surface area contributed by atoms with Gasteiger partial charge >= 0.3 is 0 Å². The molecule has 0 spiro atoms. The minimum absolute atomic E-state index is 0.319. The van der Waals surface area contributed by atoms with Gasteiger partial charge < -0.3 is 4.74 Å². The number of nitrogens with zero attached hydrogens (tertiary/aromatic N) is 4. The van der Waals surface area contributed by atoms with Crippen molar-refractivity contribution in [3.05, 3.63) is 95.9 Å². The zero-order chi connectivity index (χ0) is 25.1. The van der Waals surface area contributed by atoms with Crippen LogP contribution in [-0.2, 0) is 4.79 Å². The molecule has 0 saturated carbocycles. The van der Waals surface area contributed by atoms with E-state index in [1.807, 2.05) is 48.7 Å². The summed E-state index contributed by atoms with van der Waals surface area (Å²) in [5.41, 5.74) is 3.22. The van der Waals surface area contributed by atoms with Gasteiger partial charge in [-0.2, -0.15) is 5.10 Å². The summed E-state index contributed by atoms with van der Waals surface area (Å²) in [6.45, 7) is 1.60. The summed E-state index contributed by atoms with van der Waals surface area (Å²) in [6.07, 6.45) is 1.05. The third kappa shape index (κ3) is 5.27. The molecule has 0 saturated heterocycles. The van der Waals surface area contributed by atoms with E-state index >= 15 is 0 Å². The van der Waals surface area contributed by atoms with Gasteiger partial charge in [0.2, 0.25) is 5.13 Å². The second-order valence-corrected chi connectivity index (χ2v) is 9.21. The lowest BCUT2D eigenvalue weighted by atomic mass is 10.1. The number of anilines is 1. The van der Waals surface area contributed by atoms with E-state index in [0.717, 1.165) is 16.8 Å². The number of para-hydroxylation sites is 1. The molecule has 0 aliphatic heterocycles. The fraction of sp³-hybridized carbons (Fsp3) is 0.0769. The van der Waals surface area contributed by atoms with Gasteiger partial charge in [0.25, 0.3) is 5.91 Å². The summed E-state index contributed by atoms with van der Waals surface area (Å²) in [7, 11) is 0. The highest BCUT2D eigenvalue weighted by molar-refractivity contribution is 7.18. The zero-order valence-electron chi connectivity index (χ0n) is 18.9. The van der Waals surface area contributed by atoms with Crippen LogP contribution in [0.15, 0.2) is 85.1 Å². The van der Waals surface area contributed by atoms with Crippen LogP contribution < -0.4 is 10.1 Å². The topological polar surface area (TPSA) is 81.9 Å². The van der Waals surface area contributed by atoms with Gasteiger partial charge in [-0.3, -0.25) is 10.1 Å². The van der Waals surface area contributed by atoms with Crippen LogP contribution in [0.25, 0.3) is 27.5 Å². The van der Waals surface area contributed by atoms with Crippen molar-refractivity contribution < 1.29 is 13.9 Å². The number of hydrogen-bond acceptors (Lipinski definition) is 6. The van der Waals surface area contributed by atoms with E-state index in [9.17, 15) is 9.18 Å². The molecule has 0 bridgehead atoms. The molecular formula is C26H19ClFN5O2S. The Balaban J connectivity index is 1.40. The Morgan fingerprint density at radius 2 is 1.75 bits per heavy atom. The normalized spacial score (nSPS) is 11.8. The number of amides is 1. The summed E-state index contributed by atoms with van der Waals surface area (Å²) in [5, 5.41) is 17.5. The molecule has 180 valence electrons. The van der Waals surface area contributed by atoms with Crippen LogP contribution in [-0.4, -0.2) is 32.0 Å². The van der Waals surface area contributed by atoms with E-state index < -0.39 is 12.0 Å². The first kappa shape index (κ1) is 23.7. The minimum atomic E-state index is -0.826. The number of benzene rings is 3. The summed E-state index contributed by atoms with van der Waals surface area (Å²) < 4.78 is 20.5. The molecule has 0 aliphatic carbocycles. The smallest absolute Gasteiger partial charge is 0.266 e. The van der Waals surface area contributed by atoms with Gasteiger partial charge in [-0.05, 0) is 55.5 Å². The Bertz CT molecular complexity index is 1490. The standard InChI is InChI=1S/C26H19ClFN5O2S/c1-16(35-21-13-11-19(28)12-14-21)24(34)29-26-31-30-25(36-26)22-15-33(20-5-3-2-4-6-20)32-23(22)17-7-9-18(27)10-8-17/h2-16H,1H3,(H,29,31,34). The molecule has 1 atom stereocenters. The lowest BCUT2D eigenvalue weighted by molar-refractivity contribution is -0.122. The van der Waals surface area contributed by atoms with Crippen molar-refractivity contribution in [3.63, 3.8) is 0 Å². The number of halogens is 2. The van der Waals surface area contributed by atoms with Crippen LogP contribution in [0.4, 0.5) is 9.52 Å². The summed E-state index contributed by atoms with van der Waals surface area (Å²) >= 11 is 7.30. The molecule has 3 aromatic carbocycles. The maximum Gasteiger partial charge on any atom is 0.266 e. The molecule has 0 aliphatic rings. The first-order valence-electron chi connectivity index (χ1n) is 10.9. The highest BCUT2D eigenvalue weighted by Crippen LogP contribution is 2.35. The van der Waals surface area contributed by atoms with E-state index in [4.69, 9.17) is 21.4 Å². The van der Waals surface area contributed by atoms with Crippen molar-refractivity contribution in [2.24, 2.45) is 0 Å². The molecule has 1 N–H and O–H groups in total. The van der Waals surface area contributed by atoms with Crippen molar-refractivity contribution in [1.82, 2.24) is 20.0 Å². The fourth-order valence-corrected chi connectivity index (χ4v) is 4.31. The highest BCUT2D eigenvalue weighted by atomic mass is 35.5. The summed E-state index contributed by atoms with van der Waals surface area (Å²) in [5.74, 6) is -0.396. The Kier molecular flexibility index (Phi) is 6.75. The van der Waals surface area contributed by atoms with Crippen LogP contribution in [0, 0.1) is 5.82 Å². The average molecular weight is 520 g/mol. The summed E-state index contributed by atoms with van der Waals surface area (Å²) in [4.78, 5) is 12.6. The van der Waals surface area contributed by atoms with Crippen molar-refractivity contribution in [2.75, 3.05) is 5.32 Å². The maximum atomic E-state index is 13.1. The molecule has 1 unspecified atom stereocenters. The van der Waals surface area contributed by atoms with Crippen LogP contribution >= 0.6 is 22.9 Å². The molecule has 5 aromatic rings. The number of nitrogens with one attached hydrogen (secondary N) is 1. The highest BCUT2D eigenvalue weighted by Gasteiger charge is 2.21. The minimum Gasteiger partial charge on any atom is -0.481 e. The van der Waals surface area contributed by atoms with Crippen molar-refractivity contribution >= 4 is 34.0 Å². The number of hydrogen-bond donors (Lipinski definition) is 1. The van der Waals surface area contributed by atoms with E-state index in [-0.39, 0.29) is 5.82 Å². The molecule has 2 heterocycles. The van der Waals surface area contributed by atoms with Crippen LogP contribution in [0.1, 0.15) is 6.92 Å². The Hall–Kier alpha value is -4.08. The van der Waals surface area contributed by atoms with E-state index in [2.05, 4.69) is 15.5 Å². The first-order valence-corrected chi connectivity index (χ1v) is 12.1. The lowest BCUT2D eigenvalue weighted by Gasteiger charge is -2.13. The molecule has 0 radical (unpaired) electrons. The Morgan fingerprint density at radius 1 is 1.03 bits per heavy atom. The van der Waals surface area contributed by atoms with E-state index in [0.29, 0.717) is 26.6 Å². The van der Waals surface area contributed by atoms with Crippen LogP contribution in [0.5, 0.6) is 5.75 Å². The SMILES string of the molecule is CC(Oc1ccc(F)cc1)C(=O)Nc1nnc(-c2cn(-c3ccccc3)nc2-c2ccc(Cl)cc2)s1. The van der Waals surface area contributed by atoms with Gasteiger partial charge in [0, 0.05) is 16.8 Å². The van der Waals surface area contributed by atoms with Crippen LogP contribution in [0.2, 0.25) is 5.02 Å². The molecule has 36 heavy (non-hydrogen) atoms. The molecule has 7 nitrogen and oxygen atoms in total. The van der Waals surface area contributed by atoms with Crippen molar-refractivity contribution in [1.29, 1.82) is 0 Å². The number of aromatic nitrogens is 4. The van der Waals surface area contributed by atoms with Crippen molar-refractivity contribution in [3.8, 4) is 33.3 Å². The third-order valence-electron chi connectivity index (χ3n) is 5.23. The average Bonchev–Trinajstić information content (AvgIpc) is 3.54. The van der Waals surface area contributed by atoms with Gasteiger partial charge in [-0.15, -0.1) is 10.2 Å². The second-order valence-electron chi connectivity index (χ2n) is 7.79. The Labute approximate surface area is 215 Å². The third-order valence-corrected chi connectivity index (χ3v) is 6.36. The molecule has 2 aromatic heterocycles. The molecule has 5 rings (SSSR count). The zero-order valence-corrected chi connectivity index (χ0v) is 20.5. The number of carbonyl (C=O) groups excluding carboxylic acids is 1. The quantitative estimate of drug-likeness (QED) is 0.274. The first-order chi connectivity index (χ1) is 17.5. The molecular weight excluding hydrogens is 501 g/mol.